The lowest BCUT2D eigenvalue weighted by Crippen LogP contribution is -2.30. The molecule has 0 aliphatic heterocycles. The van der Waals surface area contributed by atoms with E-state index in [-0.39, 0.29) is 5.75 Å². The number of carbonyl (C=O) groups is 1. The third-order valence-corrected chi connectivity index (χ3v) is 2.41. The van der Waals surface area contributed by atoms with Gasteiger partial charge >= 0.3 is 5.97 Å². The topological polar surface area (TPSA) is 72.5 Å². The van der Waals surface area contributed by atoms with Crippen molar-refractivity contribution in [3.8, 4) is 5.75 Å². The number of rotatable bonds is 4. The van der Waals surface area contributed by atoms with E-state index in [4.69, 9.17) is 16.3 Å². The maximum Gasteiger partial charge on any atom is 0.326 e. The number of ether oxygens (including phenoxy) is 1. The van der Waals surface area contributed by atoms with Crippen LogP contribution in [0.25, 0.3) is 0 Å². The molecule has 88 valence electrons. The highest BCUT2D eigenvalue weighted by Gasteiger charge is 2.08. The Labute approximate surface area is 98.4 Å². The second kappa shape index (κ2) is 5.29. The minimum absolute atomic E-state index is 0.271. The molecule has 0 heterocycles. The molecule has 0 bridgehead atoms. The van der Waals surface area contributed by atoms with E-state index in [1.54, 1.807) is 18.2 Å². The molecule has 0 atom stereocenters. The normalized spacial score (nSPS) is 11.1. The number of benzene rings is 1. The van der Waals surface area contributed by atoms with E-state index in [0.717, 1.165) is 6.26 Å². The Kier molecular flexibility index (Phi) is 4.28. The number of hydrogen-bond acceptors (Lipinski definition) is 4. The highest BCUT2D eigenvalue weighted by atomic mass is 35.5. The fourth-order valence-electron chi connectivity index (χ4n) is 0.888. The summed E-state index contributed by atoms with van der Waals surface area (Å²) in [5.41, 5.74) is 0. The molecule has 5 nitrogen and oxygen atoms in total. The quantitative estimate of drug-likeness (QED) is 0.644. The standard InChI is InChI=1S/C9H10ClNO4S/c1-16(13,14)11-6-9(12)15-8-4-2-3-7(10)5-8/h2-5,11H,6H2,1H3. The molecule has 16 heavy (non-hydrogen) atoms. The van der Waals surface area contributed by atoms with Gasteiger partial charge in [-0.2, -0.15) is 0 Å². The van der Waals surface area contributed by atoms with Gasteiger partial charge in [-0.15, -0.1) is 0 Å². The van der Waals surface area contributed by atoms with Crippen molar-refractivity contribution in [2.45, 2.75) is 0 Å². The number of esters is 1. The van der Waals surface area contributed by atoms with Gasteiger partial charge in [-0.25, -0.2) is 13.1 Å². The van der Waals surface area contributed by atoms with Gasteiger partial charge in [-0.3, -0.25) is 4.79 Å². The first-order valence-electron chi connectivity index (χ1n) is 4.28. The second-order valence-corrected chi connectivity index (χ2v) is 5.29. The first-order chi connectivity index (χ1) is 7.37. The SMILES string of the molecule is CS(=O)(=O)NCC(=O)Oc1cccc(Cl)c1. The molecule has 0 aliphatic rings. The van der Waals surface area contributed by atoms with Gasteiger partial charge in [-0.05, 0) is 18.2 Å². The number of halogens is 1. The molecule has 0 saturated heterocycles. The Morgan fingerprint density at radius 1 is 1.50 bits per heavy atom. The summed E-state index contributed by atoms with van der Waals surface area (Å²) in [7, 11) is -3.40. The molecule has 0 aromatic heterocycles. The fraction of sp³-hybridized carbons (Fsp3) is 0.222. The van der Waals surface area contributed by atoms with Crippen molar-refractivity contribution in [3.05, 3.63) is 29.3 Å². The van der Waals surface area contributed by atoms with Crippen molar-refractivity contribution >= 4 is 27.6 Å². The maximum absolute atomic E-state index is 11.2. The largest absolute Gasteiger partial charge is 0.426 e. The van der Waals surface area contributed by atoms with E-state index in [1.807, 2.05) is 4.72 Å². The average molecular weight is 264 g/mol. The molecule has 0 spiro atoms. The molecule has 0 amide bonds. The first-order valence-corrected chi connectivity index (χ1v) is 6.54. The molecule has 0 unspecified atom stereocenters. The first kappa shape index (κ1) is 13.0. The zero-order valence-electron chi connectivity index (χ0n) is 8.44. The van der Waals surface area contributed by atoms with Crippen LogP contribution in [0.4, 0.5) is 0 Å². The molecule has 1 N–H and O–H groups in total. The lowest BCUT2D eigenvalue weighted by atomic mass is 10.3. The number of sulfonamides is 1. The molecule has 7 heteroatoms. The molecule has 1 aromatic carbocycles. The van der Waals surface area contributed by atoms with Crippen LogP contribution in [0.1, 0.15) is 0 Å². The minimum atomic E-state index is -3.40. The molecule has 1 aromatic rings. The van der Waals surface area contributed by atoms with Crippen LogP contribution in [-0.2, 0) is 14.8 Å². The number of nitrogens with one attached hydrogen (secondary N) is 1. The summed E-state index contributed by atoms with van der Waals surface area (Å²) in [5, 5.41) is 0.432. The highest BCUT2D eigenvalue weighted by Crippen LogP contribution is 2.16. The van der Waals surface area contributed by atoms with Crippen molar-refractivity contribution in [1.82, 2.24) is 4.72 Å². The van der Waals surface area contributed by atoms with Crippen molar-refractivity contribution < 1.29 is 17.9 Å². The molecule has 1 rings (SSSR count). The Balaban J connectivity index is 2.52. The van der Waals surface area contributed by atoms with E-state index in [1.165, 1.54) is 6.07 Å². The van der Waals surface area contributed by atoms with Gasteiger partial charge in [0, 0.05) is 5.02 Å². The van der Waals surface area contributed by atoms with E-state index >= 15 is 0 Å². The van der Waals surface area contributed by atoms with Crippen LogP contribution in [0.5, 0.6) is 5.75 Å². The van der Waals surface area contributed by atoms with Crippen LogP contribution < -0.4 is 9.46 Å². The van der Waals surface area contributed by atoms with Crippen molar-refractivity contribution in [1.29, 1.82) is 0 Å². The molecule has 0 saturated carbocycles. The Hall–Kier alpha value is -1.11. The molecular weight excluding hydrogens is 254 g/mol. The lowest BCUT2D eigenvalue weighted by molar-refractivity contribution is -0.133. The van der Waals surface area contributed by atoms with E-state index < -0.39 is 22.5 Å². The van der Waals surface area contributed by atoms with Crippen LogP contribution in [0, 0.1) is 0 Å². The van der Waals surface area contributed by atoms with Crippen molar-refractivity contribution in [2.75, 3.05) is 12.8 Å². The van der Waals surface area contributed by atoms with Gasteiger partial charge in [-0.1, -0.05) is 17.7 Å². The number of hydrogen-bond donors (Lipinski definition) is 1. The highest BCUT2D eigenvalue weighted by molar-refractivity contribution is 7.88. The zero-order valence-corrected chi connectivity index (χ0v) is 10.0. The third kappa shape index (κ3) is 5.11. The molecule has 0 aliphatic carbocycles. The molecule has 0 radical (unpaired) electrons. The third-order valence-electron chi connectivity index (χ3n) is 1.51. The predicted octanol–water partition coefficient (Wildman–Crippen LogP) is 0.795. The van der Waals surface area contributed by atoms with Crippen molar-refractivity contribution in [2.24, 2.45) is 0 Å². The van der Waals surface area contributed by atoms with E-state index in [0.29, 0.717) is 5.02 Å². The van der Waals surface area contributed by atoms with Gasteiger partial charge in [0.05, 0.1) is 6.26 Å². The molecular formula is C9H10ClNO4S. The Bertz CT molecular complexity index is 486. The monoisotopic (exact) mass is 263 g/mol. The van der Waals surface area contributed by atoms with Crippen LogP contribution in [0.15, 0.2) is 24.3 Å². The van der Waals surface area contributed by atoms with Gasteiger partial charge < -0.3 is 4.74 Å². The van der Waals surface area contributed by atoms with E-state index in [2.05, 4.69) is 0 Å². The summed E-state index contributed by atoms with van der Waals surface area (Å²) in [6.45, 7) is -0.411. The van der Waals surface area contributed by atoms with Crippen LogP contribution in [0.2, 0.25) is 5.02 Å². The molecule has 0 fully saturated rings. The average Bonchev–Trinajstić information content (AvgIpc) is 2.14. The summed E-state index contributed by atoms with van der Waals surface area (Å²) in [6, 6.07) is 6.26. The Morgan fingerprint density at radius 2 is 2.19 bits per heavy atom. The smallest absolute Gasteiger partial charge is 0.326 e. The summed E-state index contributed by atoms with van der Waals surface area (Å²) >= 11 is 5.68. The fourth-order valence-corrected chi connectivity index (χ4v) is 1.45. The van der Waals surface area contributed by atoms with Gasteiger partial charge in [0.25, 0.3) is 0 Å². The van der Waals surface area contributed by atoms with Gasteiger partial charge in [0.2, 0.25) is 10.0 Å². The van der Waals surface area contributed by atoms with Gasteiger partial charge in [0.15, 0.2) is 0 Å². The van der Waals surface area contributed by atoms with Crippen molar-refractivity contribution in [3.63, 3.8) is 0 Å². The summed E-state index contributed by atoms with van der Waals surface area (Å²) in [4.78, 5) is 11.2. The lowest BCUT2D eigenvalue weighted by Gasteiger charge is -2.04. The zero-order chi connectivity index (χ0) is 12.2. The summed E-state index contributed by atoms with van der Waals surface area (Å²) in [6.07, 6.45) is 0.958. The summed E-state index contributed by atoms with van der Waals surface area (Å²) < 4.78 is 28.3. The predicted molar refractivity (Wildman–Crippen MR) is 59.9 cm³/mol. The second-order valence-electron chi connectivity index (χ2n) is 3.02. The Morgan fingerprint density at radius 3 is 2.75 bits per heavy atom. The minimum Gasteiger partial charge on any atom is -0.426 e. The maximum atomic E-state index is 11.2. The van der Waals surface area contributed by atoms with Crippen LogP contribution in [0.3, 0.4) is 0 Å². The van der Waals surface area contributed by atoms with Gasteiger partial charge in [0.1, 0.15) is 12.3 Å². The summed E-state index contributed by atoms with van der Waals surface area (Å²) in [5.74, 6) is -0.430. The van der Waals surface area contributed by atoms with E-state index in [9.17, 15) is 13.2 Å². The van der Waals surface area contributed by atoms with Crippen LogP contribution in [-0.4, -0.2) is 27.2 Å². The number of carbonyl (C=O) groups excluding carboxylic acids is 1. The van der Waals surface area contributed by atoms with Crippen LogP contribution >= 0.6 is 11.6 Å².